The second-order valence-electron chi connectivity index (χ2n) is 4.14. The fourth-order valence-electron chi connectivity index (χ4n) is 1.83. The number of hydrogen-bond donors (Lipinski definition) is 2. The molecule has 2 heterocycles. The van der Waals surface area contributed by atoms with Crippen molar-refractivity contribution >= 4 is 10.0 Å². The molecule has 0 aliphatic carbocycles. The number of aromatic nitrogens is 1. The van der Waals surface area contributed by atoms with Crippen molar-refractivity contribution in [2.75, 3.05) is 13.1 Å². The molecule has 0 bridgehead atoms. The standard InChI is InChI=1S/C11H14N4O2S/c12-6-9-3-4-11(8-14-9)18(16,17)15-7-10-2-1-5-13-10/h3-4,8,10,13,15H,1-2,5,7H2. The highest BCUT2D eigenvalue weighted by Crippen LogP contribution is 2.09. The third-order valence-corrected chi connectivity index (χ3v) is 4.25. The molecule has 1 aromatic rings. The SMILES string of the molecule is N#Cc1ccc(S(=O)(=O)NCC2CCCN2)cn1. The highest BCUT2D eigenvalue weighted by Gasteiger charge is 2.19. The topological polar surface area (TPSA) is 94.9 Å². The van der Waals surface area contributed by atoms with E-state index in [1.54, 1.807) is 0 Å². The molecule has 0 spiro atoms. The molecule has 1 aromatic heterocycles. The Bertz CT molecular complexity index is 541. The Morgan fingerprint density at radius 3 is 2.94 bits per heavy atom. The summed E-state index contributed by atoms with van der Waals surface area (Å²) in [5.74, 6) is 0. The van der Waals surface area contributed by atoms with E-state index in [2.05, 4.69) is 15.0 Å². The van der Waals surface area contributed by atoms with Gasteiger partial charge >= 0.3 is 0 Å². The van der Waals surface area contributed by atoms with Crippen molar-refractivity contribution in [1.29, 1.82) is 5.26 Å². The summed E-state index contributed by atoms with van der Waals surface area (Å²) in [5, 5.41) is 11.8. The zero-order chi connectivity index (χ0) is 13.0. The Morgan fingerprint density at radius 2 is 2.39 bits per heavy atom. The fourth-order valence-corrected chi connectivity index (χ4v) is 2.86. The minimum Gasteiger partial charge on any atom is -0.313 e. The van der Waals surface area contributed by atoms with Crippen LogP contribution in [-0.2, 0) is 10.0 Å². The first-order chi connectivity index (χ1) is 8.62. The average Bonchev–Trinajstić information content (AvgIpc) is 2.90. The molecule has 0 radical (unpaired) electrons. The minimum atomic E-state index is -3.53. The molecule has 0 aromatic carbocycles. The maximum Gasteiger partial charge on any atom is 0.242 e. The van der Waals surface area contributed by atoms with E-state index in [4.69, 9.17) is 5.26 Å². The molecule has 1 aliphatic rings. The summed E-state index contributed by atoms with van der Waals surface area (Å²) in [6.07, 6.45) is 3.25. The minimum absolute atomic E-state index is 0.0829. The Kier molecular flexibility index (Phi) is 3.91. The average molecular weight is 266 g/mol. The van der Waals surface area contributed by atoms with E-state index in [9.17, 15) is 8.42 Å². The number of nitriles is 1. The van der Waals surface area contributed by atoms with E-state index in [1.807, 2.05) is 6.07 Å². The molecular formula is C11H14N4O2S. The second kappa shape index (κ2) is 5.44. The lowest BCUT2D eigenvalue weighted by Gasteiger charge is -2.11. The summed E-state index contributed by atoms with van der Waals surface area (Å²) < 4.78 is 26.4. The van der Waals surface area contributed by atoms with Gasteiger partial charge in [-0.2, -0.15) is 5.26 Å². The van der Waals surface area contributed by atoms with Gasteiger partial charge in [0.2, 0.25) is 10.0 Å². The molecule has 7 heteroatoms. The molecule has 96 valence electrons. The summed E-state index contributed by atoms with van der Waals surface area (Å²) >= 11 is 0. The maximum absolute atomic E-state index is 11.9. The monoisotopic (exact) mass is 266 g/mol. The van der Waals surface area contributed by atoms with E-state index in [-0.39, 0.29) is 16.6 Å². The van der Waals surface area contributed by atoms with Crippen LogP contribution in [0.25, 0.3) is 0 Å². The summed E-state index contributed by atoms with van der Waals surface area (Å²) in [5.41, 5.74) is 0.200. The van der Waals surface area contributed by atoms with Crippen LogP contribution < -0.4 is 10.0 Å². The van der Waals surface area contributed by atoms with Gasteiger partial charge in [-0.05, 0) is 31.5 Å². The molecule has 1 aliphatic heterocycles. The lowest BCUT2D eigenvalue weighted by atomic mass is 10.2. The lowest BCUT2D eigenvalue weighted by molar-refractivity contribution is 0.551. The molecule has 6 nitrogen and oxygen atoms in total. The van der Waals surface area contributed by atoms with Gasteiger partial charge in [-0.3, -0.25) is 0 Å². The van der Waals surface area contributed by atoms with Crippen molar-refractivity contribution in [3.63, 3.8) is 0 Å². The van der Waals surface area contributed by atoms with Crippen LogP contribution in [-0.4, -0.2) is 32.5 Å². The number of nitrogens with one attached hydrogen (secondary N) is 2. The van der Waals surface area contributed by atoms with Gasteiger partial charge in [0.25, 0.3) is 0 Å². The number of nitrogens with zero attached hydrogens (tertiary/aromatic N) is 2. The summed E-state index contributed by atoms with van der Waals surface area (Å²) in [7, 11) is -3.53. The molecule has 2 N–H and O–H groups in total. The highest BCUT2D eigenvalue weighted by molar-refractivity contribution is 7.89. The molecule has 1 fully saturated rings. The maximum atomic E-state index is 11.9. The summed E-state index contributed by atoms with van der Waals surface area (Å²) in [6.45, 7) is 1.31. The molecular weight excluding hydrogens is 252 g/mol. The number of hydrogen-bond acceptors (Lipinski definition) is 5. The number of sulfonamides is 1. The third-order valence-electron chi connectivity index (χ3n) is 2.84. The lowest BCUT2D eigenvalue weighted by Crippen LogP contribution is -2.37. The number of rotatable bonds is 4. The van der Waals surface area contributed by atoms with E-state index in [0.29, 0.717) is 6.54 Å². The van der Waals surface area contributed by atoms with Crippen LogP contribution in [0.5, 0.6) is 0 Å². The molecule has 1 unspecified atom stereocenters. The third kappa shape index (κ3) is 3.04. The van der Waals surface area contributed by atoms with Crippen LogP contribution in [0.4, 0.5) is 0 Å². The van der Waals surface area contributed by atoms with E-state index in [0.717, 1.165) is 19.4 Å². The summed E-state index contributed by atoms with van der Waals surface area (Å²) in [6, 6.07) is 4.82. The van der Waals surface area contributed by atoms with Crippen LogP contribution in [0.3, 0.4) is 0 Å². The number of pyridine rings is 1. The van der Waals surface area contributed by atoms with Gasteiger partial charge in [0.1, 0.15) is 16.7 Å². The van der Waals surface area contributed by atoms with Crippen molar-refractivity contribution in [3.8, 4) is 6.07 Å². The Hall–Kier alpha value is -1.49. The van der Waals surface area contributed by atoms with Gasteiger partial charge in [0, 0.05) is 18.8 Å². The molecule has 0 saturated carbocycles. The van der Waals surface area contributed by atoms with Crippen molar-refractivity contribution < 1.29 is 8.42 Å². The Balaban J connectivity index is 2.02. The highest BCUT2D eigenvalue weighted by atomic mass is 32.2. The van der Waals surface area contributed by atoms with Crippen LogP contribution >= 0.6 is 0 Å². The van der Waals surface area contributed by atoms with Crippen LogP contribution in [0.15, 0.2) is 23.2 Å². The van der Waals surface area contributed by atoms with Gasteiger partial charge in [0.05, 0.1) is 0 Å². The first-order valence-corrected chi connectivity index (χ1v) is 7.19. The van der Waals surface area contributed by atoms with Crippen molar-refractivity contribution in [2.45, 2.75) is 23.8 Å². The predicted octanol–water partition coefficient (Wildman–Crippen LogP) is -0.0164. The molecule has 18 heavy (non-hydrogen) atoms. The van der Waals surface area contributed by atoms with Gasteiger partial charge in [-0.15, -0.1) is 0 Å². The molecule has 1 atom stereocenters. The van der Waals surface area contributed by atoms with Gasteiger partial charge < -0.3 is 5.32 Å². The van der Waals surface area contributed by atoms with Crippen molar-refractivity contribution in [3.05, 3.63) is 24.0 Å². The van der Waals surface area contributed by atoms with E-state index < -0.39 is 10.0 Å². The van der Waals surface area contributed by atoms with Crippen molar-refractivity contribution in [1.82, 2.24) is 15.0 Å². The molecule has 0 amide bonds. The van der Waals surface area contributed by atoms with Gasteiger partial charge in [-0.25, -0.2) is 18.1 Å². The summed E-state index contributed by atoms with van der Waals surface area (Å²) in [4.78, 5) is 3.83. The zero-order valence-electron chi connectivity index (χ0n) is 9.76. The van der Waals surface area contributed by atoms with E-state index >= 15 is 0 Å². The Morgan fingerprint density at radius 1 is 1.56 bits per heavy atom. The van der Waals surface area contributed by atoms with Crippen LogP contribution in [0.1, 0.15) is 18.5 Å². The first-order valence-electron chi connectivity index (χ1n) is 5.71. The first kappa shape index (κ1) is 13.0. The second-order valence-corrected chi connectivity index (χ2v) is 5.90. The normalized spacial score (nSPS) is 19.6. The van der Waals surface area contributed by atoms with Gasteiger partial charge in [0.15, 0.2) is 0 Å². The van der Waals surface area contributed by atoms with Crippen LogP contribution in [0.2, 0.25) is 0 Å². The quantitative estimate of drug-likeness (QED) is 0.799. The molecule has 1 saturated heterocycles. The van der Waals surface area contributed by atoms with E-state index in [1.165, 1.54) is 18.3 Å². The molecule has 2 rings (SSSR count). The van der Waals surface area contributed by atoms with Gasteiger partial charge in [-0.1, -0.05) is 0 Å². The smallest absolute Gasteiger partial charge is 0.242 e. The zero-order valence-corrected chi connectivity index (χ0v) is 10.6. The van der Waals surface area contributed by atoms with Crippen molar-refractivity contribution in [2.24, 2.45) is 0 Å². The predicted molar refractivity (Wildman–Crippen MR) is 65.2 cm³/mol. The fraction of sp³-hybridized carbons (Fsp3) is 0.455. The van der Waals surface area contributed by atoms with Crippen LogP contribution in [0, 0.1) is 11.3 Å². The Labute approximate surface area is 106 Å². The largest absolute Gasteiger partial charge is 0.313 e.